The van der Waals surface area contributed by atoms with Crippen molar-refractivity contribution in [2.45, 2.75) is 39.2 Å². The van der Waals surface area contributed by atoms with E-state index in [4.69, 9.17) is 4.74 Å². The highest BCUT2D eigenvalue weighted by Gasteiger charge is 2.20. The number of hydrogen-bond acceptors (Lipinski definition) is 1. The van der Waals surface area contributed by atoms with Crippen molar-refractivity contribution in [1.29, 1.82) is 0 Å². The van der Waals surface area contributed by atoms with Crippen molar-refractivity contribution in [2.75, 3.05) is 0 Å². The number of hydrogen-bond donors (Lipinski definition) is 0. The number of benzene rings is 2. The van der Waals surface area contributed by atoms with Crippen LogP contribution in [-0.4, -0.2) is 5.60 Å². The Morgan fingerprint density at radius 2 is 1.53 bits per heavy atom. The van der Waals surface area contributed by atoms with E-state index in [1.807, 2.05) is 12.1 Å². The zero-order valence-corrected chi connectivity index (χ0v) is 12.0. The summed E-state index contributed by atoms with van der Waals surface area (Å²) in [7, 11) is 0. The van der Waals surface area contributed by atoms with E-state index in [-0.39, 0.29) is 5.60 Å². The van der Waals surface area contributed by atoms with E-state index < -0.39 is 0 Å². The highest BCUT2D eigenvalue weighted by Crippen LogP contribution is 2.33. The van der Waals surface area contributed by atoms with Crippen LogP contribution in [0.25, 0.3) is 11.1 Å². The minimum atomic E-state index is -0.125. The maximum Gasteiger partial charge on any atom is 0.127 e. The lowest BCUT2D eigenvalue weighted by Gasteiger charge is -2.27. The van der Waals surface area contributed by atoms with Crippen LogP contribution < -0.4 is 4.74 Å². The van der Waals surface area contributed by atoms with E-state index in [0.29, 0.717) is 0 Å². The number of para-hydroxylation sites is 1. The molecule has 0 unspecified atom stereocenters. The summed E-state index contributed by atoms with van der Waals surface area (Å²) in [5.41, 5.74) is 2.23. The minimum absolute atomic E-state index is 0.125. The third-order valence-corrected chi connectivity index (χ3v) is 3.21. The largest absolute Gasteiger partial charge is 0.487 e. The first-order chi connectivity index (χ1) is 9.12. The molecule has 0 amide bonds. The molecule has 0 aliphatic rings. The SMILES string of the molecule is CCCC(C)(C)Oc1ccccc1-c1ccccc1. The molecule has 100 valence electrons. The summed E-state index contributed by atoms with van der Waals surface area (Å²) < 4.78 is 6.23. The van der Waals surface area contributed by atoms with Crippen LogP contribution >= 0.6 is 0 Å². The van der Waals surface area contributed by atoms with Crippen LogP contribution in [0.4, 0.5) is 0 Å². The quantitative estimate of drug-likeness (QED) is 0.702. The van der Waals surface area contributed by atoms with E-state index in [9.17, 15) is 0 Å². The highest BCUT2D eigenvalue weighted by molar-refractivity contribution is 5.70. The molecule has 0 aliphatic carbocycles. The van der Waals surface area contributed by atoms with Gasteiger partial charge < -0.3 is 4.74 Å². The second-order valence-corrected chi connectivity index (χ2v) is 5.47. The van der Waals surface area contributed by atoms with Gasteiger partial charge in [-0.05, 0) is 31.9 Å². The van der Waals surface area contributed by atoms with Gasteiger partial charge >= 0.3 is 0 Å². The molecule has 0 N–H and O–H groups in total. The molecule has 0 aromatic heterocycles. The van der Waals surface area contributed by atoms with Gasteiger partial charge in [0.2, 0.25) is 0 Å². The first-order valence-electron chi connectivity index (χ1n) is 6.96. The Labute approximate surface area is 116 Å². The molecular weight excluding hydrogens is 232 g/mol. The van der Waals surface area contributed by atoms with Crippen molar-refractivity contribution >= 4 is 0 Å². The van der Waals surface area contributed by atoms with Crippen LogP contribution in [0.2, 0.25) is 0 Å². The second-order valence-electron chi connectivity index (χ2n) is 5.47. The van der Waals surface area contributed by atoms with Gasteiger partial charge in [0.25, 0.3) is 0 Å². The van der Waals surface area contributed by atoms with Crippen LogP contribution in [-0.2, 0) is 0 Å². The van der Waals surface area contributed by atoms with E-state index in [0.717, 1.165) is 24.2 Å². The Balaban J connectivity index is 2.32. The number of rotatable bonds is 5. The van der Waals surface area contributed by atoms with Crippen LogP contribution in [0.1, 0.15) is 33.6 Å². The van der Waals surface area contributed by atoms with Gasteiger partial charge in [-0.2, -0.15) is 0 Å². The summed E-state index contributed by atoms with van der Waals surface area (Å²) in [5, 5.41) is 0. The Kier molecular flexibility index (Phi) is 4.26. The maximum absolute atomic E-state index is 6.23. The first-order valence-corrected chi connectivity index (χ1v) is 6.96. The van der Waals surface area contributed by atoms with E-state index >= 15 is 0 Å². The number of ether oxygens (including phenoxy) is 1. The smallest absolute Gasteiger partial charge is 0.127 e. The topological polar surface area (TPSA) is 9.23 Å². The van der Waals surface area contributed by atoms with Crippen molar-refractivity contribution in [3.05, 3.63) is 54.6 Å². The monoisotopic (exact) mass is 254 g/mol. The molecular formula is C18H22O. The molecule has 0 heterocycles. The van der Waals surface area contributed by atoms with Gasteiger partial charge in [-0.25, -0.2) is 0 Å². The van der Waals surface area contributed by atoms with E-state index in [1.165, 1.54) is 5.56 Å². The third-order valence-electron chi connectivity index (χ3n) is 3.21. The van der Waals surface area contributed by atoms with Crippen LogP contribution in [0.15, 0.2) is 54.6 Å². The maximum atomic E-state index is 6.23. The normalized spacial score (nSPS) is 11.3. The lowest BCUT2D eigenvalue weighted by Crippen LogP contribution is -2.27. The Bertz CT molecular complexity index is 514. The minimum Gasteiger partial charge on any atom is -0.487 e. The molecule has 0 saturated carbocycles. The van der Waals surface area contributed by atoms with Crippen molar-refractivity contribution in [3.63, 3.8) is 0 Å². The molecule has 2 aromatic rings. The summed E-state index contributed by atoms with van der Waals surface area (Å²) >= 11 is 0. The fourth-order valence-corrected chi connectivity index (χ4v) is 2.36. The molecule has 0 fully saturated rings. The molecule has 2 aromatic carbocycles. The van der Waals surface area contributed by atoms with Crippen molar-refractivity contribution in [3.8, 4) is 16.9 Å². The predicted octanol–water partition coefficient (Wildman–Crippen LogP) is 5.31. The molecule has 1 heteroatoms. The second kappa shape index (κ2) is 5.92. The first kappa shape index (κ1) is 13.7. The molecule has 0 spiro atoms. The van der Waals surface area contributed by atoms with E-state index in [2.05, 4.69) is 63.2 Å². The van der Waals surface area contributed by atoms with Crippen molar-refractivity contribution in [1.82, 2.24) is 0 Å². The highest BCUT2D eigenvalue weighted by atomic mass is 16.5. The molecule has 2 rings (SSSR count). The summed E-state index contributed by atoms with van der Waals surface area (Å²) in [6.07, 6.45) is 2.18. The molecule has 19 heavy (non-hydrogen) atoms. The van der Waals surface area contributed by atoms with Gasteiger partial charge in [0, 0.05) is 5.56 Å². The molecule has 0 radical (unpaired) electrons. The fraction of sp³-hybridized carbons (Fsp3) is 0.333. The van der Waals surface area contributed by atoms with Gasteiger partial charge in [-0.3, -0.25) is 0 Å². The summed E-state index contributed by atoms with van der Waals surface area (Å²) in [6.45, 7) is 6.49. The van der Waals surface area contributed by atoms with Gasteiger partial charge in [0.1, 0.15) is 11.4 Å². The Morgan fingerprint density at radius 3 is 2.21 bits per heavy atom. The van der Waals surface area contributed by atoms with Crippen LogP contribution in [0.3, 0.4) is 0 Å². The summed E-state index contributed by atoms with van der Waals surface area (Å²) in [5.74, 6) is 0.965. The lowest BCUT2D eigenvalue weighted by atomic mass is 10.0. The third kappa shape index (κ3) is 3.60. The Hall–Kier alpha value is -1.76. The fourth-order valence-electron chi connectivity index (χ4n) is 2.36. The van der Waals surface area contributed by atoms with Crippen molar-refractivity contribution in [2.24, 2.45) is 0 Å². The van der Waals surface area contributed by atoms with Crippen LogP contribution in [0, 0.1) is 0 Å². The lowest BCUT2D eigenvalue weighted by molar-refractivity contribution is 0.0993. The zero-order chi connectivity index (χ0) is 13.7. The standard InChI is InChI=1S/C18H22O/c1-4-14-18(2,3)19-17-13-9-8-12-16(17)15-10-6-5-7-11-15/h5-13H,4,14H2,1-3H3. The van der Waals surface area contributed by atoms with E-state index in [1.54, 1.807) is 0 Å². The predicted molar refractivity (Wildman–Crippen MR) is 81.5 cm³/mol. The molecule has 1 nitrogen and oxygen atoms in total. The Morgan fingerprint density at radius 1 is 0.895 bits per heavy atom. The summed E-state index contributed by atoms with van der Waals surface area (Å²) in [4.78, 5) is 0. The molecule has 0 saturated heterocycles. The van der Waals surface area contributed by atoms with Gasteiger partial charge in [-0.1, -0.05) is 61.9 Å². The van der Waals surface area contributed by atoms with Crippen molar-refractivity contribution < 1.29 is 4.74 Å². The molecule has 0 atom stereocenters. The summed E-state index contributed by atoms with van der Waals surface area (Å²) in [6, 6.07) is 18.7. The van der Waals surface area contributed by atoms with Gasteiger partial charge in [0.15, 0.2) is 0 Å². The van der Waals surface area contributed by atoms with Gasteiger partial charge in [-0.15, -0.1) is 0 Å². The average Bonchev–Trinajstić information content (AvgIpc) is 2.40. The van der Waals surface area contributed by atoms with Crippen LogP contribution in [0.5, 0.6) is 5.75 Å². The average molecular weight is 254 g/mol. The molecule has 0 aliphatic heterocycles. The van der Waals surface area contributed by atoms with Gasteiger partial charge in [0.05, 0.1) is 0 Å². The molecule has 0 bridgehead atoms. The zero-order valence-electron chi connectivity index (χ0n) is 12.0.